The Morgan fingerprint density at radius 3 is 2.43 bits per heavy atom. The Kier molecular flexibility index (Phi) is 6.77. The first kappa shape index (κ1) is 21.0. The van der Waals surface area contributed by atoms with E-state index in [4.69, 9.17) is 9.63 Å². The van der Waals surface area contributed by atoms with E-state index in [0.717, 1.165) is 11.3 Å². The number of carbonyl (C=O) groups is 2. The molecule has 0 aliphatic heterocycles. The molecule has 0 aliphatic carbocycles. The predicted molar refractivity (Wildman–Crippen MR) is 116 cm³/mol. The molecule has 1 amide bonds. The maximum Gasteiger partial charge on any atom is 0.277 e. The SMILES string of the molecule is Cc1cc(C(=O)Nc2ccc(C(=O)/C=C/c3ccc(N(C)CCO)cc3)cc2)no1. The predicted octanol–water partition coefficient (Wildman–Crippen LogP) is 3.56. The fraction of sp³-hybridized carbons (Fsp3) is 0.174. The van der Waals surface area contributed by atoms with Gasteiger partial charge in [0, 0.05) is 36.6 Å². The number of anilines is 2. The maximum atomic E-state index is 12.4. The zero-order valence-corrected chi connectivity index (χ0v) is 16.8. The fourth-order valence-corrected chi connectivity index (χ4v) is 2.77. The second kappa shape index (κ2) is 9.67. The lowest BCUT2D eigenvalue weighted by Gasteiger charge is -2.17. The Morgan fingerprint density at radius 1 is 1.13 bits per heavy atom. The molecule has 0 spiro atoms. The number of hydrogen-bond donors (Lipinski definition) is 2. The summed E-state index contributed by atoms with van der Waals surface area (Å²) in [5.41, 5.74) is 3.16. The summed E-state index contributed by atoms with van der Waals surface area (Å²) in [6, 6.07) is 15.9. The van der Waals surface area contributed by atoms with E-state index in [-0.39, 0.29) is 24.0 Å². The molecule has 0 bridgehead atoms. The van der Waals surface area contributed by atoms with E-state index in [1.807, 2.05) is 36.2 Å². The van der Waals surface area contributed by atoms with Gasteiger partial charge < -0.3 is 19.8 Å². The lowest BCUT2D eigenvalue weighted by Crippen LogP contribution is -2.20. The number of allylic oxidation sites excluding steroid dienone is 1. The van der Waals surface area contributed by atoms with Gasteiger partial charge in [0.15, 0.2) is 11.5 Å². The average molecular weight is 405 g/mol. The number of aliphatic hydroxyl groups is 1. The number of aromatic nitrogens is 1. The molecule has 30 heavy (non-hydrogen) atoms. The van der Waals surface area contributed by atoms with Crippen LogP contribution >= 0.6 is 0 Å². The molecule has 0 fully saturated rings. The molecule has 2 aromatic carbocycles. The third-order valence-corrected chi connectivity index (χ3v) is 4.48. The Hall–Kier alpha value is -3.71. The summed E-state index contributed by atoms with van der Waals surface area (Å²) in [6.45, 7) is 2.36. The molecule has 0 atom stereocenters. The molecule has 0 saturated heterocycles. The number of aryl methyl sites for hydroxylation is 1. The molecule has 0 aliphatic rings. The van der Waals surface area contributed by atoms with Crippen molar-refractivity contribution in [2.24, 2.45) is 0 Å². The van der Waals surface area contributed by atoms with Crippen LogP contribution in [-0.2, 0) is 0 Å². The zero-order chi connectivity index (χ0) is 21.5. The highest BCUT2D eigenvalue weighted by Gasteiger charge is 2.11. The maximum absolute atomic E-state index is 12.4. The number of carbonyl (C=O) groups excluding carboxylic acids is 2. The average Bonchev–Trinajstić information content (AvgIpc) is 3.19. The van der Waals surface area contributed by atoms with Crippen LogP contribution in [0.3, 0.4) is 0 Å². The minimum absolute atomic E-state index is 0.0923. The molecule has 0 radical (unpaired) electrons. The molecule has 3 aromatic rings. The van der Waals surface area contributed by atoms with E-state index in [9.17, 15) is 9.59 Å². The summed E-state index contributed by atoms with van der Waals surface area (Å²) >= 11 is 0. The second-order valence-electron chi connectivity index (χ2n) is 6.79. The van der Waals surface area contributed by atoms with Gasteiger partial charge in [0.2, 0.25) is 0 Å². The van der Waals surface area contributed by atoms with Gasteiger partial charge in [-0.15, -0.1) is 0 Å². The highest BCUT2D eigenvalue weighted by Crippen LogP contribution is 2.16. The molecular weight excluding hydrogens is 382 g/mol. The van der Waals surface area contributed by atoms with Gasteiger partial charge in [-0.2, -0.15) is 0 Å². The van der Waals surface area contributed by atoms with Crippen LogP contribution < -0.4 is 10.2 Å². The van der Waals surface area contributed by atoms with Crippen molar-refractivity contribution in [3.8, 4) is 0 Å². The van der Waals surface area contributed by atoms with Crippen LogP contribution in [0.25, 0.3) is 6.08 Å². The topological polar surface area (TPSA) is 95.7 Å². The Balaban J connectivity index is 1.59. The van der Waals surface area contributed by atoms with Crippen LogP contribution in [-0.4, -0.2) is 42.2 Å². The number of nitrogens with zero attached hydrogens (tertiary/aromatic N) is 2. The third-order valence-electron chi connectivity index (χ3n) is 4.48. The monoisotopic (exact) mass is 405 g/mol. The first-order chi connectivity index (χ1) is 14.5. The smallest absolute Gasteiger partial charge is 0.277 e. The van der Waals surface area contributed by atoms with Crippen LogP contribution in [0, 0.1) is 6.92 Å². The minimum Gasteiger partial charge on any atom is -0.395 e. The molecule has 2 N–H and O–H groups in total. The van der Waals surface area contributed by atoms with Gasteiger partial charge in [0.1, 0.15) is 5.76 Å². The summed E-state index contributed by atoms with van der Waals surface area (Å²) in [6.07, 6.45) is 3.26. The normalized spacial score (nSPS) is 10.9. The van der Waals surface area contributed by atoms with Crippen LogP contribution in [0.2, 0.25) is 0 Å². The lowest BCUT2D eigenvalue weighted by atomic mass is 10.1. The molecule has 1 aromatic heterocycles. The highest BCUT2D eigenvalue weighted by molar-refractivity contribution is 6.07. The Morgan fingerprint density at radius 2 is 1.83 bits per heavy atom. The summed E-state index contributed by atoms with van der Waals surface area (Å²) in [5.74, 6) is 0.0417. The van der Waals surface area contributed by atoms with Crippen LogP contribution in [0.1, 0.15) is 32.2 Å². The van der Waals surface area contributed by atoms with E-state index >= 15 is 0 Å². The van der Waals surface area contributed by atoms with Crippen LogP contribution in [0.15, 0.2) is 65.2 Å². The zero-order valence-electron chi connectivity index (χ0n) is 16.8. The summed E-state index contributed by atoms with van der Waals surface area (Å²) in [7, 11) is 1.91. The standard InChI is InChI=1S/C23H23N3O4/c1-16-15-21(25-30-16)23(29)24-19-8-6-18(7-9-19)22(28)12-5-17-3-10-20(11-4-17)26(2)13-14-27/h3-12,15,27H,13-14H2,1-2H3,(H,24,29)/b12-5+. The molecule has 0 saturated carbocycles. The first-order valence-electron chi connectivity index (χ1n) is 9.45. The van der Waals surface area contributed by atoms with Crippen molar-refractivity contribution in [3.05, 3.63) is 83.3 Å². The number of aliphatic hydroxyl groups excluding tert-OH is 1. The molecule has 1 heterocycles. The summed E-state index contributed by atoms with van der Waals surface area (Å²) in [5, 5.41) is 15.4. The van der Waals surface area contributed by atoms with Crippen molar-refractivity contribution in [1.82, 2.24) is 5.16 Å². The van der Waals surface area contributed by atoms with E-state index < -0.39 is 0 Å². The van der Waals surface area contributed by atoms with E-state index in [1.165, 1.54) is 6.08 Å². The highest BCUT2D eigenvalue weighted by atomic mass is 16.5. The van der Waals surface area contributed by atoms with Crippen molar-refractivity contribution < 1.29 is 19.2 Å². The number of ketones is 1. The van der Waals surface area contributed by atoms with Gasteiger partial charge in [-0.25, -0.2) is 0 Å². The number of nitrogens with one attached hydrogen (secondary N) is 1. The lowest BCUT2D eigenvalue weighted by molar-refractivity contribution is 0.101. The van der Waals surface area contributed by atoms with Crippen LogP contribution in [0.5, 0.6) is 0 Å². The fourth-order valence-electron chi connectivity index (χ4n) is 2.77. The van der Waals surface area contributed by atoms with Gasteiger partial charge in [-0.05, 0) is 55.0 Å². The Labute approximate surface area is 174 Å². The van der Waals surface area contributed by atoms with E-state index in [0.29, 0.717) is 23.6 Å². The molecule has 7 heteroatoms. The van der Waals surface area contributed by atoms with Gasteiger partial charge in [-0.3, -0.25) is 9.59 Å². The number of likely N-dealkylation sites (N-methyl/N-ethyl adjacent to an activating group) is 1. The minimum atomic E-state index is -0.376. The van der Waals surface area contributed by atoms with E-state index in [1.54, 1.807) is 43.3 Å². The van der Waals surface area contributed by atoms with Crippen molar-refractivity contribution >= 4 is 29.1 Å². The van der Waals surface area contributed by atoms with Gasteiger partial charge in [0.25, 0.3) is 5.91 Å². The number of hydrogen-bond acceptors (Lipinski definition) is 6. The van der Waals surface area contributed by atoms with Crippen molar-refractivity contribution in [2.75, 3.05) is 30.4 Å². The van der Waals surface area contributed by atoms with Crippen molar-refractivity contribution in [3.63, 3.8) is 0 Å². The second-order valence-corrected chi connectivity index (χ2v) is 6.79. The Bertz CT molecular complexity index is 1040. The summed E-state index contributed by atoms with van der Waals surface area (Å²) < 4.78 is 4.89. The quantitative estimate of drug-likeness (QED) is 0.439. The van der Waals surface area contributed by atoms with E-state index in [2.05, 4.69) is 10.5 Å². The third kappa shape index (κ3) is 5.42. The largest absolute Gasteiger partial charge is 0.395 e. The van der Waals surface area contributed by atoms with Gasteiger partial charge in [0.05, 0.1) is 6.61 Å². The molecular formula is C23H23N3O4. The number of amides is 1. The van der Waals surface area contributed by atoms with Gasteiger partial charge in [-0.1, -0.05) is 23.4 Å². The molecule has 3 rings (SSSR count). The molecule has 7 nitrogen and oxygen atoms in total. The first-order valence-corrected chi connectivity index (χ1v) is 9.45. The van der Waals surface area contributed by atoms with Crippen molar-refractivity contribution in [1.29, 1.82) is 0 Å². The summed E-state index contributed by atoms with van der Waals surface area (Å²) in [4.78, 5) is 26.4. The molecule has 154 valence electrons. The molecule has 0 unspecified atom stereocenters. The number of benzene rings is 2. The number of rotatable bonds is 8. The van der Waals surface area contributed by atoms with Crippen LogP contribution in [0.4, 0.5) is 11.4 Å². The van der Waals surface area contributed by atoms with Crippen molar-refractivity contribution in [2.45, 2.75) is 6.92 Å². The van der Waals surface area contributed by atoms with Gasteiger partial charge >= 0.3 is 0 Å².